The van der Waals surface area contributed by atoms with Crippen LogP contribution < -0.4 is 10.1 Å². The summed E-state index contributed by atoms with van der Waals surface area (Å²) in [6.07, 6.45) is 8.28. The number of hydrogen-bond donors (Lipinski definition) is 1. The molecule has 2 nitrogen and oxygen atoms in total. The average molecular weight is 261 g/mol. The van der Waals surface area contributed by atoms with Gasteiger partial charge in [-0.2, -0.15) is 0 Å². The first-order valence-corrected chi connectivity index (χ1v) is 7.74. The maximum atomic E-state index is 5.77. The molecule has 0 aliphatic heterocycles. The molecular weight excluding hydrogens is 234 g/mol. The van der Waals surface area contributed by atoms with E-state index < -0.39 is 0 Å². The van der Waals surface area contributed by atoms with Crippen molar-refractivity contribution in [1.82, 2.24) is 5.32 Å². The molecule has 1 aromatic carbocycles. The molecule has 0 radical (unpaired) electrons. The lowest BCUT2D eigenvalue weighted by Crippen LogP contribution is -2.22. The molecule has 1 unspecified atom stereocenters. The second kappa shape index (κ2) is 7.54. The Morgan fingerprint density at radius 2 is 1.95 bits per heavy atom. The van der Waals surface area contributed by atoms with E-state index in [9.17, 15) is 0 Å². The maximum absolute atomic E-state index is 5.77. The molecule has 0 heterocycles. The van der Waals surface area contributed by atoms with Crippen molar-refractivity contribution in [1.29, 1.82) is 0 Å². The molecule has 1 atom stereocenters. The van der Waals surface area contributed by atoms with Crippen molar-refractivity contribution < 1.29 is 4.74 Å². The van der Waals surface area contributed by atoms with Gasteiger partial charge in [-0.1, -0.05) is 50.3 Å². The fourth-order valence-corrected chi connectivity index (χ4v) is 3.21. The molecule has 1 saturated carbocycles. The van der Waals surface area contributed by atoms with Gasteiger partial charge in [0.1, 0.15) is 5.75 Å². The van der Waals surface area contributed by atoms with Crippen LogP contribution >= 0.6 is 0 Å². The zero-order valence-corrected chi connectivity index (χ0v) is 12.3. The van der Waals surface area contributed by atoms with E-state index in [-0.39, 0.29) is 0 Å². The Bertz CT molecular complexity index is 371. The fourth-order valence-electron chi connectivity index (χ4n) is 3.21. The number of rotatable bonds is 6. The Morgan fingerprint density at radius 1 is 1.21 bits per heavy atom. The number of hydrogen-bond acceptors (Lipinski definition) is 2. The van der Waals surface area contributed by atoms with Gasteiger partial charge < -0.3 is 10.1 Å². The molecule has 0 aromatic heterocycles. The Hall–Kier alpha value is -1.02. The lowest BCUT2D eigenvalue weighted by molar-refractivity contribution is 0.294. The van der Waals surface area contributed by atoms with Crippen LogP contribution in [0.3, 0.4) is 0 Å². The summed E-state index contributed by atoms with van der Waals surface area (Å²) < 4.78 is 5.77. The van der Waals surface area contributed by atoms with Gasteiger partial charge in [-0.05, 0) is 32.4 Å². The predicted molar refractivity (Wildman–Crippen MR) is 80.6 cm³/mol. The second-order valence-corrected chi connectivity index (χ2v) is 5.55. The molecule has 1 aromatic rings. The van der Waals surface area contributed by atoms with E-state index in [0.717, 1.165) is 18.3 Å². The van der Waals surface area contributed by atoms with Gasteiger partial charge >= 0.3 is 0 Å². The van der Waals surface area contributed by atoms with Crippen LogP contribution in [0.2, 0.25) is 0 Å². The third kappa shape index (κ3) is 3.97. The van der Waals surface area contributed by atoms with Crippen LogP contribution in [0.1, 0.15) is 57.1 Å². The van der Waals surface area contributed by atoms with Crippen molar-refractivity contribution >= 4 is 0 Å². The third-order valence-electron chi connectivity index (χ3n) is 4.24. The van der Waals surface area contributed by atoms with Gasteiger partial charge in [0.15, 0.2) is 0 Å². The normalized spacial score (nSPS) is 18.2. The molecule has 1 fully saturated rings. The number of ether oxygens (including phenoxy) is 1. The van der Waals surface area contributed by atoms with E-state index in [1.165, 1.54) is 44.1 Å². The van der Waals surface area contributed by atoms with Gasteiger partial charge in [0.25, 0.3) is 0 Å². The van der Waals surface area contributed by atoms with E-state index in [2.05, 4.69) is 36.6 Å². The summed E-state index contributed by atoms with van der Waals surface area (Å²) >= 11 is 0. The SMILES string of the molecule is CCOc1ccccc1C(CC1CCCCC1)NC. The van der Waals surface area contributed by atoms with Crippen molar-refractivity contribution in [3.05, 3.63) is 29.8 Å². The highest BCUT2D eigenvalue weighted by molar-refractivity contribution is 5.36. The first-order chi connectivity index (χ1) is 9.35. The van der Waals surface area contributed by atoms with Crippen LogP contribution in [0.15, 0.2) is 24.3 Å². The molecule has 106 valence electrons. The highest BCUT2D eigenvalue weighted by Gasteiger charge is 2.21. The minimum absolute atomic E-state index is 0.422. The summed E-state index contributed by atoms with van der Waals surface area (Å²) in [5.74, 6) is 1.92. The van der Waals surface area contributed by atoms with Crippen molar-refractivity contribution in [2.75, 3.05) is 13.7 Å². The standard InChI is InChI=1S/C17H27NO/c1-3-19-17-12-8-7-11-15(17)16(18-2)13-14-9-5-4-6-10-14/h7-8,11-12,14,16,18H,3-6,9-10,13H2,1-2H3. The molecule has 0 amide bonds. The fraction of sp³-hybridized carbons (Fsp3) is 0.647. The zero-order chi connectivity index (χ0) is 13.5. The molecule has 0 bridgehead atoms. The van der Waals surface area contributed by atoms with Crippen LogP contribution in [-0.4, -0.2) is 13.7 Å². The van der Waals surface area contributed by atoms with Crippen molar-refractivity contribution in [2.45, 2.75) is 51.5 Å². The van der Waals surface area contributed by atoms with Crippen LogP contribution in [0, 0.1) is 5.92 Å². The number of para-hydroxylation sites is 1. The Balaban J connectivity index is 2.07. The topological polar surface area (TPSA) is 21.3 Å². The van der Waals surface area contributed by atoms with Gasteiger partial charge in [-0.3, -0.25) is 0 Å². The summed E-state index contributed by atoms with van der Waals surface area (Å²) in [6, 6.07) is 8.88. The van der Waals surface area contributed by atoms with Crippen LogP contribution in [-0.2, 0) is 0 Å². The largest absolute Gasteiger partial charge is 0.494 e. The Kier molecular flexibility index (Phi) is 5.71. The number of benzene rings is 1. The molecule has 1 aliphatic rings. The lowest BCUT2D eigenvalue weighted by Gasteiger charge is -2.27. The minimum atomic E-state index is 0.422. The summed E-state index contributed by atoms with van der Waals surface area (Å²) in [5.41, 5.74) is 1.32. The van der Waals surface area contributed by atoms with E-state index >= 15 is 0 Å². The van der Waals surface area contributed by atoms with Crippen LogP contribution in [0.25, 0.3) is 0 Å². The molecule has 2 heteroatoms. The molecular formula is C17H27NO. The first kappa shape index (κ1) is 14.4. The van der Waals surface area contributed by atoms with Gasteiger partial charge in [0.05, 0.1) is 6.61 Å². The smallest absolute Gasteiger partial charge is 0.124 e. The summed E-state index contributed by atoms with van der Waals surface area (Å²) in [5, 5.41) is 3.48. The molecule has 2 rings (SSSR count). The Morgan fingerprint density at radius 3 is 2.63 bits per heavy atom. The first-order valence-electron chi connectivity index (χ1n) is 7.74. The van der Waals surface area contributed by atoms with E-state index in [1.54, 1.807) is 0 Å². The summed E-state index contributed by atoms with van der Waals surface area (Å²) in [7, 11) is 2.07. The highest BCUT2D eigenvalue weighted by Crippen LogP contribution is 2.34. The van der Waals surface area contributed by atoms with Crippen LogP contribution in [0.5, 0.6) is 5.75 Å². The van der Waals surface area contributed by atoms with Crippen molar-refractivity contribution in [3.63, 3.8) is 0 Å². The minimum Gasteiger partial charge on any atom is -0.494 e. The van der Waals surface area contributed by atoms with Gasteiger partial charge in [-0.15, -0.1) is 0 Å². The number of nitrogens with one attached hydrogen (secondary N) is 1. The van der Waals surface area contributed by atoms with Gasteiger partial charge in [0, 0.05) is 11.6 Å². The molecule has 1 aliphatic carbocycles. The highest BCUT2D eigenvalue weighted by atomic mass is 16.5. The monoisotopic (exact) mass is 261 g/mol. The predicted octanol–water partition coefficient (Wildman–Crippen LogP) is 4.32. The van der Waals surface area contributed by atoms with Crippen LogP contribution in [0.4, 0.5) is 0 Å². The average Bonchev–Trinajstić information content (AvgIpc) is 2.47. The maximum Gasteiger partial charge on any atom is 0.124 e. The Labute approximate surface area is 117 Å². The second-order valence-electron chi connectivity index (χ2n) is 5.55. The van der Waals surface area contributed by atoms with Crippen molar-refractivity contribution in [2.24, 2.45) is 5.92 Å². The molecule has 0 spiro atoms. The zero-order valence-electron chi connectivity index (χ0n) is 12.3. The van der Waals surface area contributed by atoms with Gasteiger partial charge in [0.2, 0.25) is 0 Å². The molecule has 0 saturated heterocycles. The van der Waals surface area contributed by atoms with E-state index in [1.807, 2.05) is 6.92 Å². The summed E-state index contributed by atoms with van der Waals surface area (Å²) in [4.78, 5) is 0. The van der Waals surface area contributed by atoms with Crippen molar-refractivity contribution in [3.8, 4) is 5.75 Å². The third-order valence-corrected chi connectivity index (χ3v) is 4.24. The molecule has 19 heavy (non-hydrogen) atoms. The van der Waals surface area contributed by atoms with Gasteiger partial charge in [-0.25, -0.2) is 0 Å². The van der Waals surface area contributed by atoms with E-state index in [0.29, 0.717) is 6.04 Å². The van der Waals surface area contributed by atoms with E-state index in [4.69, 9.17) is 4.74 Å². The summed E-state index contributed by atoms with van der Waals surface area (Å²) in [6.45, 7) is 2.78. The molecule has 1 N–H and O–H groups in total. The lowest BCUT2D eigenvalue weighted by atomic mass is 9.83. The quantitative estimate of drug-likeness (QED) is 0.823.